The van der Waals surface area contributed by atoms with Gasteiger partial charge in [0.05, 0.1) is 18.0 Å². The fourth-order valence-electron chi connectivity index (χ4n) is 3.59. The van der Waals surface area contributed by atoms with Crippen molar-refractivity contribution in [3.8, 4) is 11.5 Å². The zero-order chi connectivity index (χ0) is 19.0. The fraction of sp³-hybridized carbons (Fsp3) is 0.250. The first-order chi connectivity index (χ1) is 13.0. The molecule has 1 aliphatic rings. The number of rotatable bonds is 4. The smallest absolute Gasteiger partial charge is 0.248 e. The molecule has 3 aromatic rings. The number of nitrogens with two attached hydrogens (primary N) is 1. The maximum atomic E-state index is 11.9. The van der Waals surface area contributed by atoms with Crippen molar-refractivity contribution in [1.29, 1.82) is 0 Å². The van der Waals surface area contributed by atoms with E-state index in [-0.39, 0.29) is 17.9 Å². The second-order valence-electron chi connectivity index (χ2n) is 6.71. The van der Waals surface area contributed by atoms with E-state index in [2.05, 4.69) is 38.0 Å². The Kier molecular flexibility index (Phi) is 4.70. The molecule has 0 radical (unpaired) electrons. The van der Waals surface area contributed by atoms with Crippen molar-refractivity contribution in [2.45, 2.75) is 31.8 Å². The number of aromatic nitrogens is 2. The minimum atomic E-state index is -0.289. The van der Waals surface area contributed by atoms with E-state index in [0.717, 1.165) is 21.3 Å². The normalized spacial score (nSPS) is 19.0. The molecular weight excluding hydrogens is 408 g/mol. The first-order valence-corrected chi connectivity index (χ1v) is 9.56. The number of nitrogens with zero attached hydrogens (tertiary/aromatic N) is 3. The van der Waals surface area contributed by atoms with E-state index in [1.165, 1.54) is 0 Å². The number of carbonyl (C=O) groups is 1. The second-order valence-corrected chi connectivity index (χ2v) is 7.56. The van der Waals surface area contributed by atoms with E-state index < -0.39 is 0 Å². The number of hydrogen-bond donors (Lipinski definition) is 1. The van der Waals surface area contributed by atoms with Crippen LogP contribution in [0.2, 0.25) is 0 Å². The first kappa shape index (κ1) is 17.7. The van der Waals surface area contributed by atoms with Gasteiger partial charge in [-0.05, 0) is 53.0 Å². The number of para-hydroxylation sites is 1. The van der Waals surface area contributed by atoms with Crippen LogP contribution < -0.4 is 10.6 Å². The number of hydrogen-bond acceptors (Lipinski definition) is 5. The average molecular weight is 427 g/mol. The second kappa shape index (κ2) is 7.15. The third-order valence-electron chi connectivity index (χ3n) is 4.95. The maximum absolute atomic E-state index is 11.9. The SMILES string of the molecule is C[C@@H]1C[C@H](C(N)=O)c2ccccc2N1Cc1nnc(-c2ccccc2Br)o1. The molecule has 0 aliphatic carbocycles. The number of halogens is 1. The van der Waals surface area contributed by atoms with Gasteiger partial charge in [0.1, 0.15) is 0 Å². The molecule has 138 valence electrons. The third kappa shape index (κ3) is 3.35. The van der Waals surface area contributed by atoms with Crippen molar-refractivity contribution in [3.63, 3.8) is 0 Å². The van der Waals surface area contributed by atoms with Crippen LogP contribution in [0.3, 0.4) is 0 Å². The summed E-state index contributed by atoms with van der Waals surface area (Å²) >= 11 is 3.51. The van der Waals surface area contributed by atoms with E-state index in [1.54, 1.807) is 0 Å². The Bertz CT molecular complexity index is 987. The van der Waals surface area contributed by atoms with Gasteiger partial charge >= 0.3 is 0 Å². The topological polar surface area (TPSA) is 85.3 Å². The van der Waals surface area contributed by atoms with Crippen LogP contribution in [0.5, 0.6) is 0 Å². The lowest BCUT2D eigenvalue weighted by Gasteiger charge is -2.39. The van der Waals surface area contributed by atoms with Gasteiger partial charge in [0.25, 0.3) is 0 Å². The highest BCUT2D eigenvalue weighted by atomic mass is 79.9. The summed E-state index contributed by atoms with van der Waals surface area (Å²) < 4.78 is 6.81. The van der Waals surface area contributed by atoms with Crippen molar-refractivity contribution < 1.29 is 9.21 Å². The number of anilines is 1. The van der Waals surface area contributed by atoms with Crippen LogP contribution in [0, 0.1) is 0 Å². The van der Waals surface area contributed by atoms with Crippen molar-refractivity contribution in [2.24, 2.45) is 5.73 Å². The molecule has 1 aromatic heterocycles. The third-order valence-corrected chi connectivity index (χ3v) is 5.64. The lowest BCUT2D eigenvalue weighted by atomic mass is 9.85. The summed E-state index contributed by atoms with van der Waals surface area (Å²) in [7, 11) is 0. The summed E-state index contributed by atoms with van der Waals surface area (Å²) in [4.78, 5) is 14.1. The first-order valence-electron chi connectivity index (χ1n) is 8.76. The van der Waals surface area contributed by atoms with Crippen molar-refractivity contribution in [2.75, 3.05) is 4.90 Å². The van der Waals surface area contributed by atoms with Crippen molar-refractivity contribution in [3.05, 3.63) is 64.5 Å². The summed E-state index contributed by atoms with van der Waals surface area (Å²) in [6.07, 6.45) is 0.664. The minimum Gasteiger partial charge on any atom is -0.419 e. The molecule has 6 nitrogen and oxygen atoms in total. The molecule has 4 rings (SSSR count). The number of carbonyl (C=O) groups excluding carboxylic acids is 1. The van der Waals surface area contributed by atoms with E-state index in [9.17, 15) is 4.79 Å². The van der Waals surface area contributed by atoms with Gasteiger partial charge in [-0.2, -0.15) is 0 Å². The Morgan fingerprint density at radius 3 is 2.74 bits per heavy atom. The molecule has 7 heteroatoms. The molecule has 0 unspecified atom stereocenters. The Hall–Kier alpha value is -2.67. The molecule has 1 amide bonds. The molecular formula is C20H19BrN4O2. The lowest BCUT2D eigenvalue weighted by molar-refractivity contribution is -0.119. The Labute approximate surface area is 165 Å². The van der Waals surface area contributed by atoms with Gasteiger partial charge in [0.2, 0.25) is 17.7 Å². The molecule has 0 fully saturated rings. The number of benzene rings is 2. The van der Waals surface area contributed by atoms with E-state index in [1.807, 2.05) is 48.5 Å². The predicted molar refractivity (Wildman–Crippen MR) is 106 cm³/mol. The van der Waals surface area contributed by atoms with Gasteiger partial charge in [-0.1, -0.05) is 30.3 Å². The molecule has 0 saturated carbocycles. The standard InChI is InChI=1S/C20H19BrN4O2/c1-12-10-15(19(22)26)13-6-3-5-9-17(13)25(12)11-18-23-24-20(27-18)14-7-2-4-8-16(14)21/h2-9,12,15H,10-11H2,1H3,(H2,22,26)/t12-,15+/m1/s1. The Morgan fingerprint density at radius 1 is 1.22 bits per heavy atom. The van der Waals surface area contributed by atoms with Crippen LogP contribution in [0.1, 0.15) is 30.7 Å². The van der Waals surface area contributed by atoms with Crippen LogP contribution in [0.25, 0.3) is 11.5 Å². The van der Waals surface area contributed by atoms with Crippen molar-refractivity contribution in [1.82, 2.24) is 10.2 Å². The van der Waals surface area contributed by atoms with Crippen LogP contribution in [0.15, 0.2) is 57.4 Å². The van der Waals surface area contributed by atoms with Gasteiger partial charge in [-0.3, -0.25) is 4.79 Å². The van der Waals surface area contributed by atoms with Crippen LogP contribution in [-0.2, 0) is 11.3 Å². The van der Waals surface area contributed by atoms with Gasteiger partial charge in [0.15, 0.2) is 0 Å². The summed E-state index contributed by atoms with van der Waals surface area (Å²) in [6.45, 7) is 2.55. The number of primary amides is 1. The fourth-order valence-corrected chi connectivity index (χ4v) is 4.05. The zero-order valence-corrected chi connectivity index (χ0v) is 16.4. The predicted octanol–water partition coefficient (Wildman–Crippen LogP) is 3.87. The largest absolute Gasteiger partial charge is 0.419 e. The van der Waals surface area contributed by atoms with Crippen LogP contribution in [-0.4, -0.2) is 22.1 Å². The quantitative estimate of drug-likeness (QED) is 0.684. The maximum Gasteiger partial charge on any atom is 0.248 e. The van der Waals surface area contributed by atoms with Crippen molar-refractivity contribution >= 4 is 27.5 Å². The van der Waals surface area contributed by atoms with Gasteiger partial charge in [-0.25, -0.2) is 0 Å². The van der Waals surface area contributed by atoms with Crippen LogP contribution in [0.4, 0.5) is 5.69 Å². The molecule has 0 bridgehead atoms. The number of fused-ring (bicyclic) bond motifs is 1. The van der Waals surface area contributed by atoms with E-state index >= 15 is 0 Å². The lowest BCUT2D eigenvalue weighted by Crippen LogP contribution is -2.41. The molecule has 2 heterocycles. The Balaban J connectivity index is 1.64. The zero-order valence-electron chi connectivity index (χ0n) is 14.8. The Morgan fingerprint density at radius 2 is 1.96 bits per heavy atom. The van der Waals surface area contributed by atoms with E-state index in [0.29, 0.717) is 24.7 Å². The molecule has 1 aliphatic heterocycles. The summed E-state index contributed by atoms with van der Waals surface area (Å²) in [5, 5.41) is 8.41. The van der Waals surface area contributed by atoms with E-state index in [4.69, 9.17) is 10.2 Å². The molecule has 2 aromatic carbocycles. The van der Waals surface area contributed by atoms with Crippen LogP contribution >= 0.6 is 15.9 Å². The summed E-state index contributed by atoms with van der Waals surface area (Å²) in [5.41, 5.74) is 8.42. The molecule has 27 heavy (non-hydrogen) atoms. The highest BCUT2D eigenvalue weighted by Crippen LogP contribution is 2.39. The molecule has 0 spiro atoms. The van der Waals surface area contributed by atoms with Gasteiger partial charge in [0, 0.05) is 16.2 Å². The monoisotopic (exact) mass is 426 g/mol. The highest BCUT2D eigenvalue weighted by Gasteiger charge is 2.33. The highest BCUT2D eigenvalue weighted by molar-refractivity contribution is 9.10. The summed E-state index contributed by atoms with van der Waals surface area (Å²) in [5.74, 6) is 0.444. The van der Waals surface area contributed by atoms with Gasteiger partial charge < -0.3 is 15.1 Å². The number of amides is 1. The van der Waals surface area contributed by atoms with Gasteiger partial charge in [-0.15, -0.1) is 10.2 Å². The minimum absolute atomic E-state index is 0.121. The molecule has 2 atom stereocenters. The molecule has 2 N–H and O–H groups in total. The summed E-state index contributed by atoms with van der Waals surface area (Å²) in [6, 6.07) is 15.7. The average Bonchev–Trinajstić information content (AvgIpc) is 3.12. The molecule has 0 saturated heterocycles.